The van der Waals surface area contributed by atoms with Gasteiger partial charge in [0.15, 0.2) is 0 Å². The third-order valence-electron chi connectivity index (χ3n) is 5.64. The maximum atomic E-state index is 14.5. The first-order valence-corrected chi connectivity index (χ1v) is 8.51. The van der Waals surface area contributed by atoms with Crippen LogP contribution in [-0.4, -0.2) is 29.8 Å². The molecule has 2 aliphatic rings. The van der Waals surface area contributed by atoms with E-state index in [2.05, 4.69) is 5.32 Å². The molecule has 1 aliphatic heterocycles. The lowest BCUT2D eigenvalue weighted by Crippen LogP contribution is -2.51. The lowest BCUT2D eigenvalue weighted by molar-refractivity contribution is 0.00578. The number of amides is 1. The summed E-state index contributed by atoms with van der Waals surface area (Å²) in [6, 6.07) is 4.54. The molecule has 0 unspecified atom stereocenters. The first kappa shape index (κ1) is 17.4. The Labute approximate surface area is 143 Å². The van der Waals surface area contributed by atoms with Gasteiger partial charge < -0.3 is 14.6 Å². The van der Waals surface area contributed by atoms with Crippen LogP contribution in [-0.2, 0) is 9.31 Å². The van der Waals surface area contributed by atoms with Crippen molar-refractivity contribution < 1.29 is 18.5 Å². The number of nitrogens with one attached hydrogen (secondary N) is 1. The van der Waals surface area contributed by atoms with Gasteiger partial charge in [-0.05, 0) is 71.5 Å². The molecule has 0 bridgehead atoms. The highest BCUT2D eigenvalue weighted by Crippen LogP contribution is 2.36. The maximum absolute atomic E-state index is 14.5. The van der Waals surface area contributed by atoms with E-state index < -0.39 is 24.1 Å². The highest BCUT2D eigenvalue weighted by molar-refractivity contribution is 6.62. The molecule has 1 saturated carbocycles. The van der Waals surface area contributed by atoms with Crippen molar-refractivity contribution in [3.8, 4) is 0 Å². The maximum Gasteiger partial charge on any atom is 0.494 e. The SMILES string of the molecule is CC1(NC(=O)c2ccc(B3OC(C)(C)C(C)(C)O3)cc2F)CCC1. The molecule has 4 nitrogen and oxygen atoms in total. The fourth-order valence-corrected chi connectivity index (χ4v) is 3.01. The molecule has 24 heavy (non-hydrogen) atoms. The third kappa shape index (κ3) is 2.97. The molecule has 0 aromatic heterocycles. The second-order valence-electron chi connectivity index (χ2n) is 8.20. The summed E-state index contributed by atoms with van der Waals surface area (Å²) in [6.45, 7) is 9.79. The van der Waals surface area contributed by atoms with Crippen LogP contribution in [0.3, 0.4) is 0 Å². The Balaban J connectivity index is 1.77. The van der Waals surface area contributed by atoms with Crippen LogP contribution in [0.25, 0.3) is 0 Å². The number of carbonyl (C=O) groups is 1. The Bertz CT molecular complexity index is 654. The van der Waals surface area contributed by atoms with E-state index >= 15 is 0 Å². The Kier molecular flexibility index (Phi) is 4.04. The Morgan fingerprint density at radius 3 is 2.17 bits per heavy atom. The molecule has 1 saturated heterocycles. The van der Waals surface area contributed by atoms with Crippen LogP contribution in [0.5, 0.6) is 0 Å². The molecule has 1 aliphatic carbocycles. The summed E-state index contributed by atoms with van der Waals surface area (Å²) in [7, 11) is -0.634. The van der Waals surface area contributed by atoms with Crippen LogP contribution < -0.4 is 10.8 Å². The van der Waals surface area contributed by atoms with Crippen LogP contribution >= 0.6 is 0 Å². The quantitative estimate of drug-likeness (QED) is 0.866. The zero-order valence-electron chi connectivity index (χ0n) is 15.0. The first-order chi connectivity index (χ1) is 11.0. The highest BCUT2D eigenvalue weighted by Gasteiger charge is 2.51. The van der Waals surface area contributed by atoms with Crippen molar-refractivity contribution >= 4 is 18.5 Å². The van der Waals surface area contributed by atoms with E-state index in [-0.39, 0.29) is 17.0 Å². The molecule has 1 aromatic carbocycles. The van der Waals surface area contributed by atoms with Crippen molar-refractivity contribution in [1.82, 2.24) is 5.32 Å². The van der Waals surface area contributed by atoms with E-state index in [0.29, 0.717) is 5.46 Å². The minimum absolute atomic E-state index is 0.0587. The van der Waals surface area contributed by atoms with Crippen molar-refractivity contribution in [2.75, 3.05) is 0 Å². The predicted octanol–water partition coefficient (Wildman–Crippen LogP) is 2.80. The largest absolute Gasteiger partial charge is 0.494 e. The summed E-state index contributed by atoms with van der Waals surface area (Å²) in [6.07, 6.45) is 2.97. The highest BCUT2D eigenvalue weighted by atomic mass is 19.1. The van der Waals surface area contributed by atoms with Gasteiger partial charge >= 0.3 is 7.12 Å². The summed E-state index contributed by atoms with van der Waals surface area (Å²) >= 11 is 0. The van der Waals surface area contributed by atoms with Crippen LogP contribution in [0.4, 0.5) is 4.39 Å². The van der Waals surface area contributed by atoms with Gasteiger partial charge in [-0.2, -0.15) is 0 Å². The Hall–Kier alpha value is -1.40. The van der Waals surface area contributed by atoms with E-state index in [1.165, 1.54) is 12.1 Å². The fraction of sp³-hybridized carbons (Fsp3) is 0.611. The van der Waals surface area contributed by atoms with Crippen molar-refractivity contribution in [3.05, 3.63) is 29.6 Å². The molecule has 6 heteroatoms. The minimum atomic E-state index is -0.634. The van der Waals surface area contributed by atoms with Gasteiger partial charge in [-0.1, -0.05) is 6.07 Å². The molecular formula is C18H25BFNO3. The van der Waals surface area contributed by atoms with Gasteiger partial charge in [-0.25, -0.2) is 4.39 Å². The lowest BCUT2D eigenvalue weighted by atomic mass is 9.77. The third-order valence-corrected chi connectivity index (χ3v) is 5.64. The number of hydrogen-bond acceptors (Lipinski definition) is 3. The van der Waals surface area contributed by atoms with E-state index in [1.807, 2.05) is 34.6 Å². The van der Waals surface area contributed by atoms with E-state index in [1.54, 1.807) is 6.07 Å². The molecule has 1 N–H and O–H groups in total. The molecule has 0 radical (unpaired) electrons. The Morgan fingerprint density at radius 2 is 1.71 bits per heavy atom. The summed E-state index contributed by atoms with van der Waals surface area (Å²) in [5.41, 5.74) is -0.527. The molecule has 2 fully saturated rings. The second kappa shape index (κ2) is 5.56. The monoisotopic (exact) mass is 333 g/mol. The standard InChI is InChI=1S/C18H25BFNO3/c1-16(2)17(3,4)24-19(23-16)12-7-8-13(14(20)11-12)15(22)21-18(5)9-6-10-18/h7-8,11H,6,9-10H2,1-5H3,(H,21,22). The fourth-order valence-electron chi connectivity index (χ4n) is 3.01. The lowest BCUT2D eigenvalue weighted by Gasteiger charge is -2.39. The zero-order valence-corrected chi connectivity index (χ0v) is 15.0. The summed E-state index contributed by atoms with van der Waals surface area (Å²) in [5, 5.41) is 2.92. The van der Waals surface area contributed by atoms with Crippen molar-refractivity contribution in [2.24, 2.45) is 0 Å². The molecule has 130 valence electrons. The molecule has 0 atom stereocenters. The summed E-state index contributed by atoms with van der Waals surface area (Å²) in [4.78, 5) is 12.3. The van der Waals surface area contributed by atoms with Crippen LogP contribution in [0.2, 0.25) is 0 Å². The molecule has 1 aromatic rings. The predicted molar refractivity (Wildman–Crippen MR) is 91.8 cm³/mol. The number of rotatable bonds is 3. The normalized spacial score (nSPS) is 23.7. The topological polar surface area (TPSA) is 47.6 Å². The van der Waals surface area contributed by atoms with E-state index in [0.717, 1.165) is 19.3 Å². The minimum Gasteiger partial charge on any atom is -0.399 e. The van der Waals surface area contributed by atoms with Crippen LogP contribution in [0.15, 0.2) is 18.2 Å². The van der Waals surface area contributed by atoms with Gasteiger partial charge in [0.1, 0.15) is 5.82 Å². The van der Waals surface area contributed by atoms with Gasteiger partial charge in [-0.3, -0.25) is 4.79 Å². The van der Waals surface area contributed by atoms with Gasteiger partial charge in [0.2, 0.25) is 0 Å². The number of hydrogen-bond donors (Lipinski definition) is 1. The van der Waals surface area contributed by atoms with Crippen molar-refractivity contribution in [2.45, 2.75) is 70.6 Å². The van der Waals surface area contributed by atoms with Crippen molar-refractivity contribution in [1.29, 1.82) is 0 Å². The number of halogens is 1. The summed E-state index contributed by atoms with van der Waals surface area (Å²) in [5.74, 6) is -0.919. The second-order valence-corrected chi connectivity index (χ2v) is 8.20. The molecular weight excluding hydrogens is 308 g/mol. The van der Waals surface area contributed by atoms with Crippen LogP contribution in [0, 0.1) is 5.82 Å². The van der Waals surface area contributed by atoms with Gasteiger partial charge in [0, 0.05) is 5.54 Å². The van der Waals surface area contributed by atoms with Crippen molar-refractivity contribution in [3.63, 3.8) is 0 Å². The van der Waals surface area contributed by atoms with Gasteiger partial charge in [0.05, 0.1) is 16.8 Å². The average Bonchev–Trinajstić information content (AvgIpc) is 2.65. The zero-order chi connectivity index (χ0) is 17.8. The van der Waals surface area contributed by atoms with E-state index in [9.17, 15) is 9.18 Å². The number of carbonyl (C=O) groups excluding carboxylic acids is 1. The van der Waals surface area contributed by atoms with Crippen LogP contribution in [0.1, 0.15) is 64.2 Å². The van der Waals surface area contributed by atoms with Gasteiger partial charge in [0.25, 0.3) is 5.91 Å². The molecule has 1 amide bonds. The summed E-state index contributed by atoms with van der Waals surface area (Å²) < 4.78 is 26.3. The van der Waals surface area contributed by atoms with E-state index in [4.69, 9.17) is 9.31 Å². The smallest absolute Gasteiger partial charge is 0.399 e. The molecule has 1 heterocycles. The molecule has 3 rings (SSSR count). The average molecular weight is 333 g/mol. The first-order valence-electron chi connectivity index (χ1n) is 8.51. The number of benzene rings is 1. The Morgan fingerprint density at radius 1 is 1.12 bits per heavy atom. The molecule has 0 spiro atoms. The van der Waals surface area contributed by atoms with Gasteiger partial charge in [-0.15, -0.1) is 0 Å².